The first-order valence-corrected chi connectivity index (χ1v) is 10.8. The molecule has 1 fully saturated rings. The van der Waals surface area contributed by atoms with Crippen LogP contribution < -0.4 is 20.8 Å². The van der Waals surface area contributed by atoms with Gasteiger partial charge < -0.3 is 20.2 Å². The number of carbonyl (C=O) groups excluding carboxylic acids is 1. The molecule has 1 unspecified atom stereocenters. The molecule has 1 atom stereocenters. The predicted molar refractivity (Wildman–Crippen MR) is 123 cm³/mol. The van der Waals surface area contributed by atoms with E-state index in [2.05, 4.69) is 14.9 Å². The van der Waals surface area contributed by atoms with Gasteiger partial charge in [0.25, 0.3) is 11.5 Å². The van der Waals surface area contributed by atoms with E-state index in [4.69, 9.17) is 20.2 Å². The van der Waals surface area contributed by atoms with Gasteiger partial charge in [-0.3, -0.25) is 19.5 Å². The van der Waals surface area contributed by atoms with E-state index in [1.165, 1.54) is 0 Å². The molecular weight excluding hydrogens is 422 g/mol. The van der Waals surface area contributed by atoms with Gasteiger partial charge in [-0.15, -0.1) is 0 Å². The van der Waals surface area contributed by atoms with Crippen LogP contribution in [0.4, 0.5) is 0 Å². The molecular formula is C24H27N5O4. The number of piperidine rings is 1. The van der Waals surface area contributed by atoms with Gasteiger partial charge in [-0.1, -0.05) is 6.07 Å². The summed E-state index contributed by atoms with van der Waals surface area (Å²) in [7, 11) is 1.56. The number of benzene rings is 1. The summed E-state index contributed by atoms with van der Waals surface area (Å²) >= 11 is 0. The molecule has 0 bridgehead atoms. The van der Waals surface area contributed by atoms with Crippen molar-refractivity contribution in [1.82, 2.24) is 19.9 Å². The van der Waals surface area contributed by atoms with Crippen LogP contribution in [-0.2, 0) is 11.3 Å². The van der Waals surface area contributed by atoms with Crippen LogP contribution in [0, 0.1) is 0 Å². The zero-order valence-electron chi connectivity index (χ0n) is 18.5. The normalized spacial score (nSPS) is 16.3. The number of aromatic nitrogens is 3. The fourth-order valence-electron chi connectivity index (χ4n) is 4.11. The lowest BCUT2D eigenvalue weighted by Gasteiger charge is -2.32. The van der Waals surface area contributed by atoms with E-state index in [1.54, 1.807) is 31.6 Å². The van der Waals surface area contributed by atoms with Crippen molar-refractivity contribution < 1.29 is 14.3 Å². The zero-order chi connectivity index (χ0) is 23.2. The fourth-order valence-corrected chi connectivity index (χ4v) is 4.11. The van der Waals surface area contributed by atoms with E-state index in [1.807, 2.05) is 24.3 Å². The highest BCUT2D eigenvalue weighted by atomic mass is 16.5. The molecule has 3 N–H and O–H groups in total. The Hall–Kier alpha value is -3.72. The summed E-state index contributed by atoms with van der Waals surface area (Å²) < 4.78 is 10.8. The van der Waals surface area contributed by atoms with Gasteiger partial charge in [0.2, 0.25) is 0 Å². The molecule has 33 heavy (non-hydrogen) atoms. The van der Waals surface area contributed by atoms with Crippen LogP contribution in [0.2, 0.25) is 0 Å². The summed E-state index contributed by atoms with van der Waals surface area (Å²) in [5, 5.41) is 0. The Kier molecular flexibility index (Phi) is 6.99. The molecule has 1 aromatic carbocycles. The number of ether oxygens (including phenoxy) is 2. The van der Waals surface area contributed by atoms with E-state index >= 15 is 0 Å². The number of pyridine rings is 1. The molecule has 0 aliphatic carbocycles. The third-order valence-corrected chi connectivity index (χ3v) is 5.64. The molecule has 2 aromatic heterocycles. The highest BCUT2D eigenvalue weighted by Crippen LogP contribution is 2.31. The van der Waals surface area contributed by atoms with Crippen LogP contribution in [0.1, 0.15) is 30.0 Å². The molecule has 0 spiro atoms. The third-order valence-electron chi connectivity index (χ3n) is 5.64. The number of rotatable bonds is 8. The first-order valence-electron chi connectivity index (χ1n) is 10.8. The minimum atomic E-state index is -0.541. The Morgan fingerprint density at radius 2 is 2.03 bits per heavy atom. The second-order valence-electron chi connectivity index (χ2n) is 8.07. The molecule has 1 aliphatic heterocycles. The minimum absolute atomic E-state index is 0.153. The number of methoxy groups -OCH3 is 1. The molecule has 1 aliphatic rings. The molecule has 9 nitrogen and oxygen atoms in total. The third kappa shape index (κ3) is 5.75. The van der Waals surface area contributed by atoms with Crippen molar-refractivity contribution in [3.63, 3.8) is 0 Å². The van der Waals surface area contributed by atoms with Gasteiger partial charge in [0, 0.05) is 43.0 Å². The smallest absolute Gasteiger partial charge is 0.255 e. The zero-order valence-corrected chi connectivity index (χ0v) is 18.5. The van der Waals surface area contributed by atoms with Crippen LogP contribution in [0.15, 0.2) is 53.6 Å². The molecule has 4 rings (SSSR count). The number of carbonyl (C=O) groups is 1. The largest absolute Gasteiger partial charge is 0.493 e. The number of hydrogen-bond acceptors (Lipinski definition) is 7. The Bertz CT molecular complexity index is 1170. The number of primary amides is 1. The Morgan fingerprint density at radius 1 is 1.21 bits per heavy atom. The highest BCUT2D eigenvalue weighted by molar-refractivity contribution is 5.75. The van der Waals surface area contributed by atoms with E-state index in [-0.39, 0.29) is 18.1 Å². The van der Waals surface area contributed by atoms with E-state index in [9.17, 15) is 9.59 Å². The average Bonchev–Trinajstić information content (AvgIpc) is 2.83. The SMILES string of the molecule is COc1cc(CN2CCCC(c3cc(=O)[nH]c(-c4ccncc4)n3)C2)ccc1OCC(N)=O. The molecule has 1 amide bonds. The van der Waals surface area contributed by atoms with Crippen molar-refractivity contribution in [1.29, 1.82) is 0 Å². The molecule has 3 aromatic rings. The minimum Gasteiger partial charge on any atom is -0.493 e. The summed E-state index contributed by atoms with van der Waals surface area (Å²) in [4.78, 5) is 37.3. The Labute approximate surface area is 191 Å². The molecule has 0 radical (unpaired) electrons. The number of H-pyrrole nitrogens is 1. The fraction of sp³-hybridized carbons (Fsp3) is 0.333. The molecule has 9 heteroatoms. The number of amides is 1. The van der Waals surface area contributed by atoms with Crippen molar-refractivity contribution in [3.8, 4) is 22.9 Å². The maximum absolute atomic E-state index is 12.3. The van der Waals surface area contributed by atoms with Crippen LogP contribution >= 0.6 is 0 Å². The quantitative estimate of drug-likeness (QED) is 0.540. The standard InChI is InChI=1S/C24H27N5O4/c1-32-21-11-16(4-5-20(21)33-15-22(25)30)13-29-10-2-3-18(14-29)19-12-23(31)28-24(27-19)17-6-8-26-9-7-17/h4-9,11-12,18H,2-3,10,13-15H2,1H3,(H2,25,30)(H,27,28,31). The van der Waals surface area contributed by atoms with Crippen molar-refractivity contribution in [2.45, 2.75) is 25.3 Å². The first kappa shape index (κ1) is 22.5. The van der Waals surface area contributed by atoms with Gasteiger partial charge in [-0.2, -0.15) is 0 Å². The summed E-state index contributed by atoms with van der Waals surface area (Å²) in [6, 6.07) is 10.9. The van der Waals surface area contributed by atoms with Gasteiger partial charge in [-0.05, 0) is 49.2 Å². The van der Waals surface area contributed by atoms with Crippen LogP contribution in [-0.4, -0.2) is 52.6 Å². The van der Waals surface area contributed by atoms with E-state index in [0.717, 1.165) is 49.3 Å². The summed E-state index contributed by atoms with van der Waals surface area (Å²) in [6.45, 7) is 2.28. The van der Waals surface area contributed by atoms with Crippen LogP contribution in [0.3, 0.4) is 0 Å². The van der Waals surface area contributed by atoms with E-state index in [0.29, 0.717) is 17.3 Å². The maximum Gasteiger partial charge on any atom is 0.255 e. The predicted octanol–water partition coefficient (Wildman–Crippen LogP) is 2.08. The van der Waals surface area contributed by atoms with Gasteiger partial charge in [-0.25, -0.2) is 4.98 Å². The topological polar surface area (TPSA) is 123 Å². The number of nitrogens with zero attached hydrogens (tertiary/aromatic N) is 3. The van der Waals surface area contributed by atoms with Crippen molar-refractivity contribution in [3.05, 3.63) is 70.4 Å². The summed E-state index contributed by atoms with van der Waals surface area (Å²) in [5.74, 6) is 1.23. The number of hydrogen-bond donors (Lipinski definition) is 2. The molecule has 0 saturated carbocycles. The summed E-state index contributed by atoms with van der Waals surface area (Å²) in [6.07, 6.45) is 5.36. The van der Waals surface area contributed by atoms with Gasteiger partial charge in [0.1, 0.15) is 5.82 Å². The molecule has 1 saturated heterocycles. The first-order chi connectivity index (χ1) is 16.0. The average molecular weight is 450 g/mol. The highest BCUT2D eigenvalue weighted by Gasteiger charge is 2.24. The number of nitrogens with one attached hydrogen (secondary N) is 1. The lowest BCUT2D eigenvalue weighted by Crippen LogP contribution is -2.34. The lowest BCUT2D eigenvalue weighted by molar-refractivity contribution is -0.119. The second-order valence-corrected chi connectivity index (χ2v) is 8.07. The van der Waals surface area contributed by atoms with Crippen LogP contribution in [0.25, 0.3) is 11.4 Å². The molecule has 172 valence electrons. The Morgan fingerprint density at radius 3 is 2.79 bits per heavy atom. The van der Waals surface area contributed by atoms with Crippen LogP contribution in [0.5, 0.6) is 11.5 Å². The number of likely N-dealkylation sites (tertiary alicyclic amines) is 1. The summed E-state index contributed by atoms with van der Waals surface area (Å²) in [5.41, 5.74) is 7.71. The van der Waals surface area contributed by atoms with Gasteiger partial charge in [0.15, 0.2) is 18.1 Å². The van der Waals surface area contributed by atoms with E-state index < -0.39 is 5.91 Å². The van der Waals surface area contributed by atoms with Crippen molar-refractivity contribution >= 4 is 5.91 Å². The van der Waals surface area contributed by atoms with Gasteiger partial charge >= 0.3 is 0 Å². The monoisotopic (exact) mass is 449 g/mol. The Balaban J connectivity index is 1.48. The number of nitrogens with two attached hydrogens (primary N) is 1. The maximum atomic E-state index is 12.3. The second kappa shape index (κ2) is 10.3. The van der Waals surface area contributed by atoms with Crippen molar-refractivity contribution in [2.24, 2.45) is 5.73 Å². The molecule has 3 heterocycles. The lowest BCUT2D eigenvalue weighted by atomic mass is 9.94. The number of aromatic amines is 1. The van der Waals surface area contributed by atoms with Crippen molar-refractivity contribution in [2.75, 3.05) is 26.8 Å². The van der Waals surface area contributed by atoms with Gasteiger partial charge in [0.05, 0.1) is 12.8 Å².